The Hall–Kier alpha value is -3.24. The normalized spacial score (nSPS) is 16.8. The van der Waals surface area contributed by atoms with E-state index in [0.29, 0.717) is 41.0 Å². The number of anilines is 2. The third-order valence-electron chi connectivity index (χ3n) is 5.43. The highest BCUT2D eigenvalue weighted by molar-refractivity contribution is 7.92. The summed E-state index contributed by atoms with van der Waals surface area (Å²) in [5, 5.41) is 13.1. The van der Waals surface area contributed by atoms with Crippen LogP contribution in [0.3, 0.4) is 0 Å². The Bertz CT molecular complexity index is 1370. The second-order valence-electron chi connectivity index (χ2n) is 7.82. The van der Waals surface area contributed by atoms with Crippen LogP contribution in [0.4, 0.5) is 11.8 Å². The minimum Gasteiger partial charge on any atom is -0.315 e. The Morgan fingerprint density at radius 1 is 1.16 bits per heavy atom. The summed E-state index contributed by atoms with van der Waals surface area (Å²) in [6.07, 6.45) is 2.52. The molecule has 1 fully saturated rings. The van der Waals surface area contributed by atoms with Crippen molar-refractivity contribution in [3.8, 4) is 11.3 Å². The van der Waals surface area contributed by atoms with Gasteiger partial charge in [0.15, 0.2) is 15.7 Å². The molecule has 5 rings (SSSR count). The largest absolute Gasteiger partial charge is 0.315 e. The summed E-state index contributed by atoms with van der Waals surface area (Å²) in [6.45, 7) is 5.05. The van der Waals surface area contributed by atoms with Crippen LogP contribution in [0.5, 0.6) is 0 Å². The van der Waals surface area contributed by atoms with Crippen molar-refractivity contribution in [2.75, 3.05) is 18.4 Å². The van der Waals surface area contributed by atoms with Crippen molar-refractivity contribution < 1.29 is 8.42 Å². The van der Waals surface area contributed by atoms with Gasteiger partial charge < -0.3 is 10.6 Å². The highest BCUT2D eigenvalue weighted by atomic mass is 32.2. The van der Waals surface area contributed by atoms with Crippen molar-refractivity contribution in [3.05, 3.63) is 54.0 Å². The Labute approximate surface area is 179 Å². The standard InChI is InChI=1S/C21H23N7O2S/c1-13-8-19(27-26-13)25-21-24-18(10-20-23-14(2)12-28(20)21)15-4-3-5-16(9-15)31(29,30)17-6-7-22-11-17/h3-5,8-10,12,17,22H,6-7,11H2,1-2H3,(H2,24,25,26,27). The number of sulfone groups is 1. The van der Waals surface area contributed by atoms with Gasteiger partial charge in [0, 0.05) is 36.1 Å². The van der Waals surface area contributed by atoms with Gasteiger partial charge in [0.2, 0.25) is 5.95 Å². The number of aromatic amines is 1. The quantitative estimate of drug-likeness (QED) is 0.439. The van der Waals surface area contributed by atoms with Gasteiger partial charge in [-0.15, -0.1) is 0 Å². The van der Waals surface area contributed by atoms with Gasteiger partial charge in [-0.25, -0.2) is 18.4 Å². The van der Waals surface area contributed by atoms with E-state index in [-0.39, 0.29) is 0 Å². The van der Waals surface area contributed by atoms with Crippen LogP contribution in [0.25, 0.3) is 16.9 Å². The Balaban J connectivity index is 1.59. The second-order valence-corrected chi connectivity index (χ2v) is 10.1. The lowest BCUT2D eigenvalue weighted by molar-refractivity contribution is 0.583. The number of hydrogen-bond donors (Lipinski definition) is 3. The van der Waals surface area contributed by atoms with E-state index in [1.807, 2.05) is 42.6 Å². The predicted octanol–water partition coefficient (Wildman–Crippen LogP) is 2.62. The van der Waals surface area contributed by atoms with E-state index >= 15 is 0 Å². The smallest absolute Gasteiger partial charge is 0.215 e. The van der Waals surface area contributed by atoms with Gasteiger partial charge in [0.1, 0.15) is 5.65 Å². The topological polar surface area (TPSA) is 117 Å². The molecule has 0 amide bonds. The molecule has 0 saturated carbocycles. The zero-order valence-corrected chi connectivity index (χ0v) is 18.1. The van der Waals surface area contributed by atoms with Crippen LogP contribution < -0.4 is 10.6 Å². The van der Waals surface area contributed by atoms with Crippen molar-refractivity contribution in [3.63, 3.8) is 0 Å². The summed E-state index contributed by atoms with van der Waals surface area (Å²) in [7, 11) is -3.40. The summed E-state index contributed by atoms with van der Waals surface area (Å²) in [5.74, 6) is 1.19. The van der Waals surface area contributed by atoms with Gasteiger partial charge >= 0.3 is 0 Å². The molecule has 4 heterocycles. The van der Waals surface area contributed by atoms with Crippen LogP contribution in [0.2, 0.25) is 0 Å². The van der Waals surface area contributed by atoms with Crippen LogP contribution in [-0.2, 0) is 9.84 Å². The third-order valence-corrected chi connectivity index (χ3v) is 7.62. The van der Waals surface area contributed by atoms with Crippen molar-refractivity contribution in [1.29, 1.82) is 0 Å². The molecule has 1 aliphatic heterocycles. The molecule has 3 aromatic heterocycles. The number of H-pyrrole nitrogens is 1. The van der Waals surface area contributed by atoms with Crippen LogP contribution in [-0.4, -0.2) is 51.3 Å². The molecule has 0 bridgehead atoms. The van der Waals surface area contributed by atoms with E-state index in [4.69, 9.17) is 4.98 Å². The number of hydrogen-bond acceptors (Lipinski definition) is 7. The first kappa shape index (κ1) is 19.7. The molecule has 4 aromatic rings. The molecule has 160 valence electrons. The minimum absolute atomic E-state index is 0.317. The molecule has 0 aliphatic carbocycles. The first-order valence-electron chi connectivity index (χ1n) is 10.1. The lowest BCUT2D eigenvalue weighted by Gasteiger charge is -2.12. The molecule has 1 aliphatic rings. The van der Waals surface area contributed by atoms with Crippen molar-refractivity contribution >= 4 is 27.3 Å². The molecule has 10 heteroatoms. The molecule has 9 nitrogen and oxygen atoms in total. The molecule has 1 aromatic carbocycles. The molecule has 1 saturated heterocycles. The molecular weight excluding hydrogens is 414 g/mol. The molecule has 1 atom stereocenters. The summed E-state index contributed by atoms with van der Waals surface area (Å²) in [4.78, 5) is 9.65. The summed E-state index contributed by atoms with van der Waals surface area (Å²) >= 11 is 0. The molecule has 31 heavy (non-hydrogen) atoms. The molecule has 1 unspecified atom stereocenters. The first-order valence-corrected chi connectivity index (χ1v) is 11.7. The molecule has 3 N–H and O–H groups in total. The monoisotopic (exact) mass is 437 g/mol. The van der Waals surface area contributed by atoms with Crippen molar-refractivity contribution in [2.24, 2.45) is 0 Å². The maximum Gasteiger partial charge on any atom is 0.215 e. The summed E-state index contributed by atoms with van der Waals surface area (Å²) in [5.41, 5.74) is 3.85. The average Bonchev–Trinajstić information content (AvgIpc) is 3.49. The van der Waals surface area contributed by atoms with E-state index in [2.05, 4.69) is 25.8 Å². The summed E-state index contributed by atoms with van der Waals surface area (Å²) < 4.78 is 27.9. The highest BCUT2D eigenvalue weighted by Crippen LogP contribution is 2.28. The van der Waals surface area contributed by atoms with E-state index < -0.39 is 15.1 Å². The van der Waals surface area contributed by atoms with Gasteiger partial charge in [-0.3, -0.25) is 9.50 Å². The van der Waals surface area contributed by atoms with E-state index in [9.17, 15) is 8.42 Å². The molecule has 0 radical (unpaired) electrons. The first-order chi connectivity index (χ1) is 14.9. The van der Waals surface area contributed by atoms with Gasteiger partial charge in [0.05, 0.1) is 21.5 Å². The van der Waals surface area contributed by atoms with Crippen LogP contribution in [0.15, 0.2) is 47.5 Å². The Kier molecular flexibility index (Phi) is 4.75. The van der Waals surface area contributed by atoms with E-state index in [1.54, 1.807) is 18.2 Å². The Morgan fingerprint density at radius 2 is 2.03 bits per heavy atom. The van der Waals surface area contributed by atoms with Gasteiger partial charge in [0.25, 0.3) is 0 Å². The van der Waals surface area contributed by atoms with Crippen LogP contribution in [0.1, 0.15) is 17.8 Å². The Morgan fingerprint density at radius 3 is 2.77 bits per heavy atom. The highest BCUT2D eigenvalue weighted by Gasteiger charge is 2.30. The maximum absolute atomic E-state index is 13.0. The zero-order chi connectivity index (χ0) is 21.6. The molecule has 0 spiro atoms. The van der Waals surface area contributed by atoms with Gasteiger partial charge in [-0.05, 0) is 38.9 Å². The van der Waals surface area contributed by atoms with Gasteiger partial charge in [-0.2, -0.15) is 5.10 Å². The number of nitrogens with zero attached hydrogens (tertiary/aromatic N) is 4. The van der Waals surface area contributed by atoms with Crippen molar-refractivity contribution in [1.82, 2.24) is 29.9 Å². The summed E-state index contributed by atoms with van der Waals surface area (Å²) in [6, 6.07) is 10.7. The van der Waals surface area contributed by atoms with E-state index in [1.165, 1.54) is 0 Å². The molecular formula is C21H23N7O2S. The number of rotatable bonds is 5. The van der Waals surface area contributed by atoms with E-state index in [0.717, 1.165) is 23.5 Å². The fourth-order valence-electron chi connectivity index (χ4n) is 3.86. The number of fused-ring (bicyclic) bond motifs is 1. The second kappa shape index (κ2) is 7.47. The lowest BCUT2D eigenvalue weighted by Crippen LogP contribution is -2.23. The van der Waals surface area contributed by atoms with Gasteiger partial charge in [-0.1, -0.05) is 12.1 Å². The number of nitrogens with one attached hydrogen (secondary N) is 3. The lowest BCUT2D eigenvalue weighted by atomic mass is 10.1. The predicted molar refractivity (Wildman–Crippen MR) is 118 cm³/mol. The fraction of sp³-hybridized carbons (Fsp3) is 0.286. The number of aromatic nitrogens is 5. The zero-order valence-electron chi connectivity index (χ0n) is 17.3. The van der Waals surface area contributed by atoms with Crippen LogP contribution in [0, 0.1) is 13.8 Å². The number of aryl methyl sites for hydroxylation is 2. The minimum atomic E-state index is -3.40. The van der Waals surface area contributed by atoms with Crippen LogP contribution >= 0.6 is 0 Å². The number of benzene rings is 1. The SMILES string of the molecule is Cc1cn2c(Nc3cc(C)[nH]n3)nc(-c3cccc(S(=O)(=O)C4CCNC4)c3)cc2n1. The average molecular weight is 438 g/mol. The number of imidazole rings is 1. The third kappa shape index (κ3) is 3.68. The van der Waals surface area contributed by atoms with Crippen molar-refractivity contribution in [2.45, 2.75) is 30.4 Å². The maximum atomic E-state index is 13.0. The fourth-order valence-corrected chi connectivity index (χ4v) is 5.57.